The molecule has 2 heterocycles. The molecule has 16 heavy (non-hydrogen) atoms. The predicted octanol–water partition coefficient (Wildman–Crippen LogP) is 2.55. The van der Waals surface area contributed by atoms with Crippen molar-refractivity contribution < 1.29 is 4.52 Å². The summed E-state index contributed by atoms with van der Waals surface area (Å²) in [5.41, 5.74) is 0.791. The Kier molecular flexibility index (Phi) is 3.24. The molecule has 0 N–H and O–H groups in total. The van der Waals surface area contributed by atoms with Crippen LogP contribution < -0.4 is 0 Å². The average molecular weight is 241 g/mol. The zero-order valence-electron chi connectivity index (χ0n) is 9.22. The van der Waals surface area contributed by atoms with Crippen LogP contribution >= 0.6 is 11.6 Å². The monoisotopic (exact) mass is 240 g/mol. The zero-order valence-corrected chi connectivity index (χ0v) is 9.98. The van der Waals surface area contributed by atoms with Gasteiger partial charge in [0.05, 0.1) is 5.38 Å². The molecule has 0 radical (unpaired) electrons. The highest BCUT2D eigenvalue weighted by molar-refractivity contribution is 6.20. The van der Waals surface area contributed by atoms with Crippen molar-refractivity contribution in [3.63, 3.8) is 0 Å². The summed E-state index contributed by atoms with van der Waals surface area (Å²) in [5, 5.41) is 7.73. The van der Waals surface area contributed by atoms with E-state index >= 15 is 0 Å². The predicted molar refractivity (Wildman–Crippen MR) is 60.0 cm³/mol. The van der Waals surface area contributed by atoms with Crippen LogP contribution in [0.1, 0.15) is 31.0 Å². The van der Waals surface area contributed by atoms with Gasteiger partial charge in [-0.25, -0.2) is 0 Å². The van der Waals surface area contributed by atoms with Gasteiger partial charge in [0, 0.05) is 13.2 Å². The van der Waals surface area contributed by atoms with E-state index in [9.17, 15) is 0 Å². The molecule has 0 aromatic carbocycles. The van der Waals surface area contributed by atoms with Gasteiger partial charge in [0.25, 0.3) is 5.89 Å². The Balaban J connectivity index is 2.23. The molecule has 0 aliphatic rings. The second-order valence-electron chi connectivity index (χ2n) is 3.55. The van der Waals surface area contributed by atoms with Crippen molar-refractivity contribution in [2.24, 2.45) is 7.05 Å². The summed E-state index contributed by atoms with van der Waals surface area (Å²) >= 11 is 6.11. The Morgan fingerprint density at radius 2 is 2.38 bits per heavy atom. The van der Waals surface area contributed by atoms with E-state index in [4.69, 9.17) is 16.1 Å². The third-order valence-electron chi connectivity index (χ3n) is 2.30. The fraction of sp³-hybridized carbons (Fsp3) is 0.500. The fourth-order valence-electron chi connectivity index (χ4n) is 1.43. The number of aryl methyl sites for hydroxylation is 1. The zero-order chi connectivity index (χ0) is 11.5. The van der Waals surface area contributed by atoms with E-state index in [1.54, 1.807) is 10.9 Å². The Morgan fingerprint density at radius 3 is 3.00 bits per heavy atom. The summed E-state index contributed by atoms with van der Waals surface area (Å²) in [5.74, 6) is 0.997. The standard InChI is InChI=1S/C10H13ClN4O/c1-3-4-7(11)9-13-10(16-14-9)8-5-6-12-15(8)2/h5-7H,3-4H2,1-2H3. The topological polar surface area (TPSA) is 56.7 Å². The lowest BCUT2D eigenvalue weighted by Crippen LogP contribution is -1.95. The lowest BCUT2D eigenvalue weighted by atomic mass is 10.2. The maximum atomic E-state index is 6.11. The van der Waals surface area contributed by atoms with Gasteiger partial charge in [0.15, 0.2) is 5.82 Å². The molecule has 6 heteroatoms. The molecule has 2 rings (SSSR count). The third-order valence-corrected chi connectivity index (χ3v) is 2.72. The highest BCUT2D eigenvalue weighted by Crippen LogP contribution is 2.25. The van der Waals surface area contributed by atoms with Crippen molar-refractivity contribution in [3.8, 4) is 11.6 Å². The van der Waals surface area contributed by atoms with Crippen molar-refractivity contribution in [2.75, 3.05) is 0 Å². The molecule has 1 unspecified atom stereocenters. The van der Waals surface area contributed by atoms with E-state index in [1.807, 2.05) is 13.1 Å². The van der Waals surface area contributed by atoms with Gasteiger partial charge in [0.2, 0.25) is 0 Å². The molecule has 0 aliphatic carbocycles. The summed E-state index contributed by atoms with van der Waals surface area (Å²) in [6.45, 7) is 2.07. The summed E-state index contributed by atoms with van der Waals surface area (Å²) in [6.07, 6.45) is 3.51. The minimum atomic E-state index is -0.185. The molecule has 0 fully saturated rings. The Morgan fingerprint density at radius 1 is 1.56 bits per heavy atom. The van der Waals surface area contributed by atoms with Crippen LogP contribution in [-0.2, 0) is 7.05 Å². The molecule has 0 saturated carbocycles. The first-order valence-corrected chi connectivity index (χ1v) is 5.62. The maximum absolute atomic E-state index is 6.11. The van der Waals surface area contributed by atoms with Gasteiger partial charge in [-0.05, 0) is 12.5 Å². The molecule has 0 saturated heterocycles. The molecule has 0 aliphatic heterocycles. The van der Waals surface area contributed by atoms with E-state index < -0.39 is 0 Å². The maximum Gasteiger partial charge on any atom is 0.276 e. The van der Waals surface area contributed by atoms with Gasteiger partial charge >= 0.3 is 0 Å². The van der Waals surface area contributed by atoms with Crippen molar-refractivity contribution in [1.29, 1.82) is 0 Å². The third kappa shape index (κ3) is 2.09. The number of hydrogen-bond donors (Lipinski definition) is 0. The van der Waals surface area contributed by atoms with Crippen LogP contribution in [0, 0.1) is 0 Å². The number of rotatable bonds is 4. The number of halogens is 1. The smallest absolute Gasteiger partial charge is 0.276 e. The number of nitrogens with zero attached hydrogens (tertiary/aromatic N) is 4. The van der Waals surface area contributed by atoms with Gasteiger partial charge in [-0.1, -0.05) is 18.5 Å². The van der Waals surface area contributed by atoms with Gasteiger partial charge in [-0.3, -0.25) is 4.68 Å². The van der Waals surface area contributed by atoms with Crippen LogP contribution in [0.4, 0.5) is 0 Å². The molecule has 0 spiro atoms. The number of hydrogen-bond acceptors (Lipinski definition) is 4. The first-order chi connectivity index (χ1) is 7.72. The molecule has 2 aromatic heterocycles. The highest BCUT2D eigenvalue weighted by Gasteiger charge is 2.17. The lowest BCUT2D eigenvalue weighted by molar-refractivity contribution is 0.417. The van der Waals surface area contributed by atoms with Gasteiger partial charge in [-0.15, -0.1) is 11.6 Å². The summed E-state index contributed by atoms with van der Waals surface area (Å²) < 4.78 is 6.83. The Bertz CT molecular complexity index is 465. The molecule has 0 bridgehead atoms. The van der Waals surface area contributed by atoms with Crippen molar-refractivity contribution in [3.05, 3.63) is 18.1 Å². The first kappa shape index (κ1) is 11.1. The Labute approximate surface area is 98.4 Å². The molecule has 1 atom stereocenters. The molecule has 86 valence electrons. The van der Waals surface area contributed by atoms with Crippen LogP contribution in [0.5, 0.6) is 0 Å². The minimum absolute atomic E-state index is 0.185. The van der Waals surface area contributed by atoms with Gasteiger partial charge in [0.1, 0.15) is 5.69 Å². The van der Waals surface area contributed by atoms with Crippen LogP contribution in [0.2, 0.25) is 0 Å². The Hall–Kier alpha value is -1.36. The van der Waals surface area contributed by atoms with Gasteiger partial charge in [-0.2, -0.15) is 10.1 Å². The van der Waals surface area contributed by atoms with Gasteiger partial charge < -0.3 is 4.52 Å². The molecular weight excluding hydrogens is 228 g/mol. The fourth-order valence-corrected chi connectivity index (χ4v) is 1.74. The molecule has 5 nitrogen and oxygen atoms in total. The summed E-state index contributed by atoms with van der Waals surface area (Å²) in [6, 6.07) is 1.82. The SMILES string of the molecule is CCCC(Cl)c1noc(-c2ccnn2C)n1. The van der Waals surface area contributed by atoms with Crippen molar-refractivity contribution in [1.82, 2.24) is 19.9 Å². The van der Waals surface area contributed by atoms with E-state index in [0.717, 1.165) is 18.5 Å². The van der Waals surface area contributed by atoms with Crippen LogP contribution in [0.15, 0.2) is 16.8 Å². The highest BCUT2D eigenvalue weighted by atomic mass is 35.5. The minimum Gasteiger partial charge on any atom is -0.332 e. The lowest BCUT2D eigenvalue weighted by Gasteiger charge is -1.99. The summed E-state index contributed by atoms with van der Waals surface area (Å²) in [4.78, 5) is 4.26. The molecule has 0 amide bonds. The molecule has 2 aromatic rings. The number of alkyl halides is 1. The van der Waals surface area contributed by atoms with Crippen LogP contribution in [-0.4, -0.2) is 19.9 Å². The van der Waals surface area contributed by atoms with E-state index in [-0.39, 0.29) is 5.38 Å². The molecular formula is C10H13ClN4O. The average Bonchev–Trinajstić information content (AvgIpc) is 2.86. The summed E-state index contributed by atoms with van der Waals surface area (Å²) in [7, 11) is 1.82. The van der Waals surface area contributed by atoms with E-state index in [2.05, 4.69) is 22.2 Å². The van der Waals surface area contributed by atoms with Crippen LogP contribution in [0.25, 0.3) is 11.6 Å². The normalized spacial score (nSPS) is 12.9. The first-order valence-electron chi connectivity index (χ1n) is 5.18. The van der Waals surface area contributed by atoms with Crippen LogP contribution in [0.3, 0.4) is 0 Å². The van der Waals surface area contributed by atoms with Crippen molar-refractivity contribution >= 4 is 11.6 Å². The number of aromatic nitrogens is 4. The second-order valence-corrected chi connectivity index (χ2v) is 4.08. The largest absolute Gasteiger partial charge is 0.332 e. The van der Waals surface area contributed by atoms with Crippen molar-refractivity contribution in [2.45, 2.75) is 25.1 Å². The second kappa shape index (κ2) is 4.65. The van der Waals surface area contributed by atoms with E-state index in [0.29, 0.717) is 11.7 Å². The quantitative estimate of drug-likeness (QED) is 0.771. The van der Waals surface area contributed by atoms with E-state index in [1.165, 1.54) is 0 Å².